The summed E-state index contributed by atoms with van der Waals surface area (Å²) in [4.78, 5) is 43.8. The minimum Gasteiger partial charge on any atom is -0.506 e. The number of thiophene rings is 2. The van der Waals surface area contributed by atoms with Crippen molar-refractivity contribution in [3.05, 3.63) is 103 Å². The molecule has 1 amide bonds. The third-order valence-electron chi connectivity index (χ3n) is 10.2. The number of methoxy groups -OCH3 is 1. The lowest BCUT2D eigenvalue weighted by molar-refractivity contribution is -0.169. The van der Waals surface area contributed by atoms with Gasteiger partial charge in [0.1, 0.15) is 24.2 Å². The second-order valence-corrected chi connectivity index (χ2v) is 15.7. The maximum Gasteiger partial charge on any atom is 0.411 e. The van der Waals surface area contributed by atoms with Crippen LogP contribution in [-0.2, 0) is 26.4 Å². The largest absolute Gasteiger partial charge is 0.506 e. The molecule has 292 valence electrons. The Hall–Kier alpha value is -4.93. The molecule has 1 saturated carbocycles. The number of pyridine rings is 1. The number of aromatic nitrogens is 1. The Labute approximate surface area is 327 Å². The highest BCUT2D eigenvalue weighted by atomic mass is 32.1. The Morgan fingerprint density at radius 3 is 2.42 bits per heavy atom. The number of nitrogens with two attached hydrogens (primary N) is 1. The van der Waals surface area contributed by atoms with Gasteiger partial charge in [0, 0.05) is 48.8 Å². The molecule has 0 unspecified atom stereocenters. The Bertz CT molecular complexity index is 2100. The molecule has 3 heterocycles. The first-order chi connectivity index (χ1) is 26.5. The Balaban J connectivity index is 0.940. The molecule has 3 aromatic heterocycles. The van der Waals surface area contributed by atoms with Gasteiger partial charge in [0.2, 0.25) is 11.2 Å². The lowest BCUT2D eigenvalue weighted by atomic mass is 9.91. The highest BCUT2D eigenvalue weighted by molar-refractivity contribution is 7.12. The number of phenols is 1. The van der Waals surface area contributed by atoms with Crippen LogP contribution >= 0.6 is 22.7 Å². The zero-order valence-corrected chi connectivity index (χ0v) is 32.6. The molecule has 0 radical (unpaired) electrons. The number of hydrogen-bond donors (Lipinski definition) is 6. The molecule has 15 heteroatoms. The van der Waals surface area contributed by atoms with E-state index in [0.717, 1.165) is 29.4 Å². The third-order valence-corrected chi connectivity index (χ3v) is 12.1. The van der Waals surface area contributed by atoms with Crippen molar-refractivity contribution in [3.63, 3.8) is 0 Å². The van der Waals surface area contributed by atoms with Crippen LogP contribution in [-0.4, -0.2) is 78.2 Å². The number of rotatable bonds is 15. The van der Waals surface area contributed by atoms with Gasteiger partial charge >= 0.3 is 12.1 Å². The number of amides is 1. The van der Waals surface area contributed by atoms with Gasteiger partial charge in [-0.1, -0.05) is 25.1 Å². The molecule has 5 aromatic rings. The van der Waals surface area contributed by atoms with E-state index < -0.39 is 17.7 Å². The third kappa shape index (κ3) is 9.14. The zero-order chi connectivity index (χ0) is 39.1. The van der Waals surface area contributed by atoms with Gasteiger partial charge in [-0.25, -0.2) is 9.59 Å². The van der Waals surface area contributed by atoms with E-state index in [1.807, 2.05) is 36.0 Å². The van der Waals surface area contributed by atoms with Gasteiger partial charge in [0.15, 0.2) is 0 Å². The van der Waals surface area contributed by atoms with Crippen molar-refractivity contribution in [2.75, 3.05) is 44.9 Å². The van der Waals surface area contributed by atoms with E-state index in [4.69, 9.17) is 19.9 Å². The summed E-state index contributed by atoms with van der Waals surface area (Å²) in [5.74, 6) is -0.0343. The van der Waals surface area contributed by atoms with Gasteiger partial charge < -0.3 is 45.4 Å². The topological polar surface area (TPSA) is 188 Å². The quantitative estimate of drug-likeness (QED) is 0.0531. The van der Waals surface area contributed by atoms with Crippen molar-refractivity contribution in [2.45, 2.75) is 62.8 Å². The van der Waals surface area contributed by atoms with Crippen LogP contribution in [0.5, 0.6) is 11.5 Å². The second-order valence-electron chi connectivity index (χ2n) is 13.8. The number of aromatic amines is 1. The summed E-state index contributed by atoms with van der Waals surface area (Å²) in [7, 11) is 3.53. The number of carbonyl (C=O) groups excluding carboxylic acids is 2. The van der Waals surface area contributed by atoms with Crippen LogP contribution in [0.25, 0.3) is 10.9 Å². The minimum absolute atomic E-state index is 0.0223. The summed E-state index contributed by atoms with van der Waals surface area (Å²) in [6.07, 6.45) is 1.99. The number of likely N-dealkylation sites (N-methyl/N-ethyl adjacent to an activating group) is 1. The summed E-state index contributed by atoms with van der Waals surface area (Å²) in [6, 6.07) is 17.4. The number of anilines is 2. The summed E-state index contributed by atoms with van der Waals surface area (Å²) in [5, 5.41) is 32.4. The van der Waals surface area contributed by atoms with Crippen LogP contribution in [0, 0.1) is 0 Å². The number of hydrogen-bond acceptors (Lipinski definition) is 13. The molecule has 1 fully saturated rings. The predicted molar refractivity (Wildman–Crippen MR) is 215 cm³/mol. The van der Waals surface area contributed by atoms with Crippen LogP contribution in [0.15, 0.2) is 76.2 Å². The van der Waals surface area contributed by atoms with E-state index in [2.05, 4.69) is 27.4 Å². The number of phenolic OH excluding ortho intramolecular Hbond substituents is 1. The van der Waals surface area contributed by atoms with Crippen molar-refractivity contribution in [3.8, 4) is 11.5 Å². The van der Waals surface area contributed by atoms with Crippen LogP contribution in [0.1, 0.15) is 59.4 Å². The summed E-state index contributed by atoms with van der Waals surface area (Å²) >= 11 is 2.64. The number of benzene rings is 2. The molecule has 13 nitrogen and oxygen atoms in total. The van der Waals surface area contributed by atoms with E-state index in [1.165, 1.54) is 28.7 Å². The van der Waals surface area contributed by atoms with Crippen LogP contribution < -0.4 is 26.7 Å². The lowest BCUT2D eigenvalue weighted by Gasteiger charge is -2.35. The van der Waals surface area contributed by atoms with Gasteiger partial charge in [-0.3, -0.25) is 10.1 Å². The van der Waals surface area contributed by atoms with E-state index in [9.17, 15) is 24.6 Å². The fourth-order valence-electron chi connectivity index (χ4n) is 7.05. The molecule has 6 rings (SSSR count). The number of ether oxygens (including phenoxy) is 3. The minimum atomic E-state index is -1.82. The van der Waals surface area contributed by atoms with E-state index in [0.29, 0.717) is 64.9 Å². The Morgan fingerprint density at radius 2 is 1.76 bits per heavy atom. The molecule has 0 saturated heterocycles. The molecule has 2 aromatic carbocycles. The number of aliphatic hydroxyl groups is 1. The fraction of sp³-hybridized carbons (Fsp3) is 0.375. The standard InChI is InChI=1S/C40H47N5O8S2/c1-24(28-12-14-32(46)37-29(28)13-15-36(47)44-37)22-42-23-25-20-30(41)31(21-33(25)51-3)43-39(49)52-17-16-45(2)26-8-10-27(11-9-26)53-38(48)40(50,34-6-4-18-54-34)35-7-5-19-55-35/h4-7,12-15,18-21,24,26-27,42,46,50H,8-11,16-17,22-23,41H2,1-3H3,(H,43,49)(H,44,47)/t24-,26-,27-/m0/s1. The van der Waals surface area contributed by atoms with E-state index >= 15 is 0 Å². The summed E-state index contributed by atoms with van der Waals surface area (Å²) in [5.41, 5.74) is 7.16. The van der Waals surface area contributed by atoms with Gasteiger partial charge in [-0.15, -0.1) is 22.7 Å². The number of fused-ring (bicyclic) bond motifs is 1. The van der Waals surface area contributed by atoms with Crippen molar-refractivity contribution in [2.24, 2.45) is 0 Å². The fourth-order valence-corrected chi connectivity index (χ4v) is 8.76. The number of aromatic hydroxyl groups is 1. The van der Waals surface area contributed by atoms with Crippen molar-refractivity contribution in [1.29, 1.82) is 0 Å². The molecular weight excluding hydrogens is 743 g/mol. The second kappa shape index (κ2) is 17.7. The molecule has 7 N–H and O–H groups in total. The highest BCUT2D eigenvalue weighted by Crippen LogP contribution is 2.38. The highest BCUT2D eigenvalue weighted by Gasteiger charge is 2.45. The molecule has 55 heavy (non-hydrogen) atoms. The van der Waals surface area contributed by atoms with Crippen LogP contribution in [0.3, 0.4) is 0 Å². The van der Waals surface area contributed by atoms with Crippen LogP contribution in [0.4, 0.5) is 16.2 Å². The van der Waals surface area contributed by atoms with Gasteiger partial charge in [-0.05, 0) is 85.3 Å². The molecule has 1 atom stereocenters. The first-order valence-corrected chi connectivity index (χ1v) is 19.9. The average molecular weight is 790 g/mol. The maximum atomic E-state index is 13.4. The number of carbonyl (C=O) groups is 2. The number of nitrogens with one attached hydrogen (secondary N) is 3. The molecule has 1 aliphatic carbocycles. The predicted octanol–water partition coefficient (Wildman–Crippen LogP) is 6.11. The van der Waals surface area contributed by atoms with Crippen LogP contribution in [0.2, 0.25) is 0 Å². The van der Waals surface area contributed by atoms with Crippen molar-refractivity contribution < 1.29 is 34.0 Å². The zero-order valence-electron chi connectivity index (χ0n) is 31.0. The monoisotopic (exact) mass is 789 g/mol. The van der Waals surface area contributed by atoms with Gasteiger partial charge in [0.05, 0.1) is 33.8 Å². The number of H-pyrrole nitrogens is 1. The smallest absolute Gasteiger partial charge is 0.411 e. The normalized spacial score (nSPS) is 16.5. The first kappa shape index (κ1) is 39.8. The first-order valence-electron chi connectivity index (χ1n) is 18.1. The van der Waals surface area contributed by atoms with Crippen molar-refractivity contribution >= 4 is 57.0 Å². The Kier molecular flexibility index (Phi) is 12.8. The SMILES string of the molecule is COc1cc(NC(=O)OCCN(C)[C@H]2CC[C@H](OC(=O)C(O)(c3cccs3)c3cccs3)CC2)c(N)cc1CNC[C@H](C)c1ccc(O)c2[nH]c(=O)ccc12. The lowest BCUT2D eigenvalue weighted by Crippen LogP contribution is -2.42. The molecule has 0 bridgehead atoms. The molecular formula is C40H47N5O8S2. The molecule has 1 aliphatic rings. The number of esters is 1. The molecule has 0 aliphatic heterocycles. The van der Waals surface area contributed by atoms with Crippen molar-refractivity contribution in [1.82, 2.24) is 15.2 Å². The van der Waals surface area contributed by atoms with Gasteiger partial charge in [0.25, 0.3) is 0 Å². The van der Waals surface area contributed by atoms with E-state index in [1.54, 1.807) is 43.5 Å². The summed E-state index contributed by atoms with van der Waals surface area (Å²) in [6.45, 7) is 3.76. The van der Waals surface area contributed by atoms with Gasteiger partial charge in [-0.2, -0.15) is 0 Å². The van der Waals surface area contributed by atoms with E-state index in [-0.39, 0.29) is 36.0 Å². The summed E-state index contributed by atoms with van der Waals surface area (Å²) < 4.78 is 17.0. The Morgan fingerprint density at radius 1 is 1.05 bits per heavy atom. The average Bonchev–Trinajstić information content (AvgIpc) is 3.93. The number of nitrogen functional groups attached to an aromatic ring is 1. The number of nitrogens with zero attached hydrogens (tertiary/aromatic N) is 1. The molecule has 0 spiro atoms. The maximum absolute atomic E-state index is 13.4.